The molecule has 1 aliphatic carbocycles. The maximum absolute atomic E-state index is 8.71. The van der Waals surface area contributed by atoms with Crippen molar-refractivity contribution in [2.24, 2.45) is 5.73 Å². The predicted octanol–water partition coefficient (Wildman–Crippen LogP) is 0.180. The van der Waals surface area contributed by atoms with Gasteiger partial charge in [0, 0.05) is 12.1 Å². The molecule has 0 aromatic rings. The van der Waals surface area contributed by atoms with Gasteiger partial charge in [-0.05, 0) is 32.9 Å². The van der Waals surface area contributed by atoms with Gasteiger partial charge in [0.25, 0.3) is 0 Å². The van der Waals surface area contributed by atoms with Gasteiger partial charge >= 0.3 is 0 Å². The number of rotatable bonds is 5. The molecule has 1 atom stereocenters. The quantitative estimate of drug-likeness (QED) is 0.622. The van der Waals surface area contributed by atoms with Crippen molar-refractivity contribution >= 4 is 0 Å². The summed E-state index contributed by atoms with van der Waals surface area (Å²) in [6.45, 7) is 1.13. The van der Waals surface area contributed by atoms with Crippen LogP contribution in [0.2, 0.25) is 0 Å². The molecule has 0 heterocycles. The van der Waals surface area contributed by atoms with E-state index in [1.165, 1.54) is 19.3 Å². The van der Waals surface area contributed by atoms with Gasteiger partial charge in [-0.1, -0.05) is 6.42 Å². The normalized spacial score (nSPS) is 21.0. The van der Waals surface area contributed by atoms with E-state index in [-0.39, 0.29) is 12.6 Å². The first-order valence-corrected chi connectivity index (χ1v) is 4.80. The van der Waals surface area contributed by atoms with Crippen molar-refractivity contribution < 1.29 is 5.11 Å². The van der Waals surface area contributed by atoms with E-state index in [1.807, 2.05) is 0 Å². The summed E-state index contributed by atoms with van der Waals surface area (Å²) in [5.41, 5.74) is 5.60. The summed E-state index contributed by atoms with van der Waals surface area (Å²) in [5, 5.41) is 8.71. The molecule has 0 aliphatic heterocycles. The second-order valence-corrected chi connectivity index (χ2v) is 3.80. The molecule has 3 heteroatoms. The SMILES string of the molecule is CN(CCC(N)CO)C1CCC1. The number of nitrogens with two attached hydrogens (primary N) is 1. The number of nitrogens with zero attached hydrogens (tertiary/aromatic N) is 1. The lowest BCUT2D eigenvalue weighted by Gasteiger charge is -2.35. The fraction of sp³-hybridized carbons (Fsp3) is 1.00. The van der Waals surface area contributed by atoms with Crippen molar-refractivity contribution in [3.63, 3.8) is 0 Å². The van der Waals surface area contributed by atoms with E-state index in [0.717, 1.165) is 19.0 Å². The molecule has 3 nitrogen and oxygen atoms in total. The monoisotopic (exact) mass is 172 g/mol. The molecule has 0 spiro atoms. The average molecular weight is 172 g/mol. The third kappa shape index (κ3) is 2.73. The summed E-state index contributed by atoms with van der Waals surface area (Å²) in [6.07, 6.45) is 4.96. The number of hydrogen-bond acceptors (Lipinski definition) is 3. The van der Waals surface area contributed by atoms with Crippen LogP contribution in [0.1, 0.15) is 25.7 Å². The Morgan fingerprint density at radius 1 is 1.58 bits per heavy atom. The number of aliphatic hydroxyl groups excluding tert-OH is 1. The van der Waals surface area contributed by atoms with E-state index in [9.17, 15) is 0 Å². The molecule has 72 valence electrons. The smallest absolute Gasteiger partial charge is 0.0583 e. The molecule has 12 heavy (non-hydrogen) atoms. The Hall–Kier alpha value is -0.120. The van der Waals surface area contributed by atoms with Crippen LogP contribution in [0.3, 0.4) is 0 Å². The van der Waals surface area contributed by atoms with Crippen LogP contribution in [0.25, 0.3) is 0 Å². The van der Waals surface area contributed by atoms with Crippen LogP contribution < -0.4 is 5.73 Å². The Kier molecular flexibility index (Phi) is 3.98. The van der Waals surface area contributed by atoms with Gasteiger partial charge in [0.2, 0.25) is 0 Å². The first-order chi connectivity index (χ1) is 5.74. The highest BCUT2D eigenvalue weighted by atomic mass is 16.3. The number of hydrogen-bond donors (Lipinski definition) is 2. The summed E-state index contributed by atoms with van der Waals surface area (Å²) >= 11 is 0. The zero-order chi connectivity index (χ0) is 8.97. The highest BCUT2D eigenvalue weighted by molar-refractivity contribution is 4.78. The molecule has 1 saturated carbocycles. The molecule has 1 unspecified atom stereocenters. The van der Waals surface area contributed by atoms with Crippen LogP contribution in [0.15, 0.2) is 0 Å². The van der Waals surface area contributed by atoms with Gasteiger partial charge in [0.1, 0.15) is 0 Å². The van der Waals surface area contributed by atoms with Crippen LogP contribution in [0.4, 0.5) is 0 Å². The van der Waals surface area contributed by atoms with Crippen LogP contribution >= 0.6 is 0 Å². The third-order valence-electron chi connectivity index (χ3n) is 2.79. The second-order valence-electron chi connectivity index (χ2n) is 3.80. The predicted molar refractivity (Wildman–Crippen MR) is 49.9 cm³/mol. The Bertz CT molecular complexity index is 126. The lowest BCUT2D eigenvalue weighted by atomic mass is 9.92. The van der Waals surface area contributed by atoms with E-state index in [4.69, 9.17) is 10.8 Å². The molecule has 0 aromatic heterocycles. The molecule has 0 radical (unpaired) electrons. The molecule has 0 bridgehead atoms. The van der Waals surface area contributed by atoms with Crippen molar-refractivity contribution in [1.82, 2.24) is 4.90 Å². The summed E-state index contributed by atoms with van der Waals surface area (Å²) < 4.78 is 0. The van der Waals surface area contributed by atoms with Gasteiger partial charge in [0.15, 0.2) is 0 Å². The summed E-state index contributed by atoms with van der Waals surface area (Å²) in [7, 11) is 2.15. The summed E-state index contributed by atoms with van der Waals surface area (Å²) in [4.78, 5) is 2.36. The largest absolute Gasteiger partial charge is 0.395 e. The van der Waals surface area contributed by atoms with E-state index in [2.05, 4.69) is 11.9 Å². The fourth-order valence-electron chi connectivity index (χ4n) is 1.47. The Morgan fingerprint density at radius 3 is 2.67 bits per heavy atom. The van der Waals surface area contributed by atoms with Crippen LogP contribution in [-0.2, 0) is 0 Å². The molecule has 1 rings (SSSR count). The van der Waals surface area contributed by atoms with Crippen LogP contribution in [0, 0.1) is 0 Å². The average Bonchev–Trinajstić information content (AvgIpc) is 1.97. The highest BCUT2D eigenvalue weighted by Gasteiger charge is 2.21. The Morgan fingerprint density at radius 2 is 2.25 bits per heavy atom. The summed E-state index contributed by atoms with van der Waals surface area (Å²) in [5.74, 6) is 0. The molecule has 0 saturated heterocycles. The minimum absolute atomic E-state index is 0.0347. The van der Waals surface area contributed by atoms with Gasteiger partial charge in [-0.3, -0.25) is 0 Å². The van der Waals surface area contributed by atoms with Crippen molar-refractivity contribution in [2.75, 3.05) is 20.2 Å². The standard InChI is InChI=1S/C9H20N2O/c1-11(9-3-2-4-9)6-5-8(10)7-12/h8-9,12H,2-7,10H2,1H3. The van der Waals surface area contributed by atoms with Crippen LogP contribution in [-0.4, -0.2) is 42.3 Å². The third-order valence-corrected chi connectivity index (χ3v) is 2.79. The van der Waals surface area contributed by atoms with E-state index >= 15 is 0 Å². The first-order valence-electron chi connectivity index (χ1n) is 4.80. The molecule has 1 aliphatic rings. The maximum Gasteiger partial charge on any atom is 0.0583 e. The van der Waals surface area contributed by atoms with Gasteiger partial charge < -0.3 is 15.7 Å². The molecular weight excluding hydrogens is 152 g/mol. The van der Waals surface area contributed by atoms with Crippen molar-refractivity contribution in [1.29, 1.82) is 0 Å². The minimum atomic E-state index is -0.0347. The molecule has 3 N–H and O–H groups in total. The zero-order valence-electron chi connectivity index (χ0n) is 7.87. The van der Waals surface area contributed by atoms with E-state index in [0.29, 0.717) is 0 Å². The fourth-order valence-corrected chi connectivity index (χ4v) is 1.47. The Labute approximate surface area is 74.5 Å². The number of aliphatic hydroxyl groups is 1. The van der Waals surface area contributed by atoms with Gasteiger partial charge in [0.05, 0.1) is 6.61 Å². The van der Waals surface area contributed by atoms with Crippen molar-refractivity contribution in [3.05, 3.63) is 0 Å². The van der Waals surface area contributed by atoms with Crippen LogP contribution in [0.5, 0.6) is 0 Å². The van der Waals surface area contributed by atoms with Crippen molar-refractivity contribution in [2.45, 2.75) is 37.8 Å². The van der Waals surface area contributed by atoms with Gasteiger partial charge in [-0.15, -0.1) is 0 Å². The van der Waals surface area contributed by atoms with Gasteiger partial charge in [-0.2, -0.15) is 0 Å². The maximum atomic E-state index is 8.71. The molecular formula is C9H20N2O. The molecule has 0 amide bonds. The lowest BCUT2D eigenvalue weighted by Crippen LogP contribution is -2.40. The Balaban J connectivity index is 2.05. The lowest BCUT2D eigenvalue weighted by molar-refractivity contribution is 0.149. The van der Waals surface area contributed by atoms with E-state index in [1.54, 1.807) is 0 Å². The topological polar surface area (TPSA) is 49.5 Å². The minimum Gasteiger partial charge on any atom is -0.395 e. The highest BCUT2D eigenvalue weighted by Crippen LogP contribution is 2.23. The zero-order valence-corrected chi connectivity index (χ0v) is 7.87. The first kappa shape index (κ1) is 9.96. The van der Waals surface area contributed by atoms with Crippen molar-refractivity contribution in [3.8, 4) is 0 Å². The van der Waals surface area contributed by atoms with E-state index < -0.39 is 0 Å². The molecule has 1 fully saturated rings. The molecule has 0 aromatic carbocycles. The second kappa shape index (κ2) is 4.80. The summed E-state index contributed by atoms with van der Waals surface area (Å²) in [6, 6.07) is 0.753. The van der Waals surface area contributed by atoms with Gasteiger partial charge in [-0.25, -0.2) is 0 Å².